The van der Waals surface area contributed by atoms with E-state index in [0.717, 1.165) is 11.4 Å². The van der Waals surface area contributed by atoms with Crippen molar-refractivity contribution in [3.05, 3.63) is 71.1 Å². The minimum absolute atomic E-state index is 0.301. The molecule has 2 aromatic heterocycles. The highest BCUT2D eigenvalue weighted by Crippen LogP contribution is 2.19. The second kappa shape index (κ2) is 5.99. The zero-order valence-corrected chi connectivity index (χ0v) is 12.6. The van der Waals surface area contributed by atoms with Crippen LogP contribution in [0.4, 0.5) is 5.82 Å². The molecule has 0 saturated carbocycles. The van der Waals surface area contributed by atoms with Crippen molar-refractivity contribution in [2.75, 3.05) is 5.32 Å². The lowest BCUT2D eigenvalue weighted by molar-refractivity contribution is 0.102. The number of carbonyl (C=O) groups excluding carboxylic acids is 1. The third-order valence-corrected chi connectivity index (χ3v) is 3.39. The summed E-state index contributed by atoms with van der Waals surface area (Å²) in [5, 5.41) is 7.55. The van der Waals surface area contributed by atoms with Crippen molar-refractivity contribution in [2.45, 2.75) is 6.92 Å². The number of pyridine rings is 1. The number of amides is 1. The van der Waals surface area contributed by atoms with E-state index in [-0.39, 0.29) is 5.91 Å². The number of nitrogens with one attached hydrogen (secondary N) is 1. The summed E-state index contributed by atoms with van der Waals surface area (Å²) in [4.78, 5) is 16.2. The Morgan fingerprint density at radius 1 is 1.23 bits per heavy atom. The maximum absolute atomic E-state index is 12.4. The lowest BCUT2D eigenvalue weighted by Crippen LogP contribution is -2.15. The summed E-state index contributed by atoms with van der Waals surface area (Å²) < 4.78 is 1.68. The number of aryl methyl sites for hydroxylation is 1. The average Bonchev–Trinajstić information content (AvgIpc) is 2.89. The summed E-state index contributed by atoms with van der Waals surface area (Å²) >= 11 is 6.00. The lowest BCUT2D eigenvalue weighted by Gasteiger charge is -2.09. The summed E-state index contributed by atoms with van der Waals surface area (Å²) in [6.45, 7) is 1.87. The molecule has 0 saturated heterocycles. The molecule has 0 atom stereocenters. The standard InChI is InChI=1S/C16H13ClN4O/c1-11-9-15(21(20-11)12-5-3-2-4-6-12)19-16(22)13-7-8-18-10-14(13)17/h2-10H,1H3,(H,19,22). The summed E-state index contributed by atoms with van der Waals surface area (Å²) in [5.74, 6) is 0.283. The molecule has 0 radical (unpaired) electrons. The van der Waals surface area contributed by atoms with Crippen LogP contribution in [0.1, 0.15) is 16.1 Å². The van der Waals surface area contributed by atoms with Gasteiger partial charge in [-0.05, 0) is 25.1 Å². The molecule has 2 heterocycles. The van der Waals surface area contributed by atoms with E-state index in [1.807, 2.05) is 37.3 Å². The van der Waals surface area contributed by atoms with Crippen LogP contribution in [-0.2, 0) is 0 Å². The van der Waals surface area contributed by atoms with E-state index in [0.29, 0.717) is 16.4 Å². The molecule has 0 unspecified atom stereocenters. The number of anilines is 1. The van der Waals surface area contributed by atoms with Gasteiger partial charge in [0, 0.05) is 18.5 Å². The van der Waals surface area contributed by atoms with Crippen LogP contribution >= 0.6 is 11.6 Å². The molecule has 22 heavy (non-hydrogen) atoms. The zero-order valence-electron chi connectivity index (χ0n) is 11.8. The Bertz CT molecular complexity index is 814. The highest BCUT2D eigenvalue weighted by atomic mass is 35.5. The van der Waals surface area contributed by atoms with Crippen LogP contribution in [-0.4, -0.2) is 20.7 Å². The van der Waals surface area contributed by atoms with Crippen LogP contribution in [0.15, 0.2) is 54.9 Å². The number of para-hydroxylation sites is 1. The number of carbonyl (C=O) groups is 1. The van der Waals surface area contributed by atoms with E-state index in [4.69, 9.17) is 11.6 Å². The SMILES string of the molecule is Cc1cc(NC(=O)c2ccncc2Cl)n(-c2ccccc2)n1. The van der Waals surface area contributed by atoms with Gasteiger partial charge in [-0.15, -0.1) is 0 Å². The van der Waals surface area contributed by atoms with Gasteiger partial charge >= 0.3 is 0 Å². The van der Waals surface area contributed by atoms with Gasteiger partial charge in [0.2, 0.25) is 0 Å². The van der Waals surface area contributed by atoms with Gasteiger partial charge in [0.05, 0.1) is 22.0 Å². The zero-order chi connectivity index (χ0) is 15.5. The van der Waals surface area contributed by atoms with Crippen molar-refractivity contribution in [2.24, 2.45) is 0 Å². The molecule has 0 aliphatic heterocycles. The smallest absolute Gasteiger partial charge is 0.258 e. The molecule has 1 aromatic carbocycles. The van der Waals surface area contributed by atoms with Gasteiger partial charge in [0.15, 0.2) is 0 Å². The van der Waals surface area contributed by atoms with Gasteiger partial charge in [0.25, 0.3) is 5.91 Å². The van der Waals surface area contributed by atoms with E-state index < -0.39 is 0 Å². The first-order valence-corrected chi connectivity index (χ1v) is 7.06. The first-order valence-electron chi connectivity index (χ1n) is 6.68. The topological polar surface area (TPSA) is 59.8 Å². The fourth-order valence-electron chi connectivity index (χ4n) is 2.10. The van der Waals surface area contributed by atoms with Crippen LogP contribution in [0, 0.1) is 6.92 Å². The number of benzene rings is 1. The number of rotatable bonds is 3. The number of halogens is 1. The van der Waals surface area contributed by atoms with Gasteiger partial charge in [-0.1, -0.05) is 29.8 Å². The van der Waals surface area contributed by atoms with Crippen LogP contribution in [0.2, 0.25) is 5.02 Å². The van der Waals surface area contributed by atoms with Crippen molar-refractivity contribution in [1.29, 1.82) is 0 Å². The first kappa shape index (κ1) is 14.3. The number of nitrogens with zero attached hydrogens (tertiary/aromatic N) is 3. The Morgan fingerprint density at radius 2 is 2.00 bits per heavy atom. The number of hydrogen-bond donors (Lipinski definition) is 1. The molecule has 0 fully saturated rings. The van der Waals surface area contributed by atoms with Gasteiger partial charge in [-0.3, -0.25) is 9.78 Å². The quantitative estimate of drug-likeness (QED) is 0.805. The fraction of sp³-hybridized carbons (Fsp3) is 0.0625. The highest BCUT2D eigenvalue weighted by Gasteiger charge is 2.14. The highest BCUT2D eigenvalue weighted by molar-refractivity contribution is 6.34. The molecule has 1 N–H and O–H groups in total. The molecular weight excluding hydrogens is 300 g/mol. The Balaban J connectivity index is 1.94. The van der Waals surface area contributed by atoms with Crippen molar-refractivity contribution in [1.82, 2.24) is 14.8 Å². The van der Waals surface area contributed by atoms with Crippen LogP contribution in [0.5, 0.6) is 0 Å². The van der Waals surface area contributed by atoms with Gasteiger partial charge < -0.3 is 5.32 Å². The third kappa shape index (κ3) is 2.84. The predicted octanol–water partition coefficient (Wildman–Crippen LogP) is 3.48. The maximum Gasteiger partial charge on any atom is 0.258 e. The Hall–Kier alpha value is -2.66. The third-order valence-electron chi connectivity index (χ3n) is 3.09. The molecule has 0 bridgehead atoms. The van der Waals surface area contributed by atoms with Crippen molar-refractivity contribution in [3.63, 3.8) is 0 Å². The Labute approximate surface area is 132 Å². The predicted molar refractivity (Wildman–Crippen MR) is 85.5 cm³/mol. The van der Waals surface area contributed by atoms with Crippen LogP contribution in [0.3, 0.4) is 0 Å². The Morgan fingerprint density at radius 3 is 2.73 bits per heavy atom. The molecular formula is C16H13ClN4O. The van der Waals surface area contributed by atoms with Crippen molar-refractivity contribution < 1.29 is 4.79 Å². The number of hydrogen-bond acceptors (Lipinski definition) is 3. The number of aromatic nitrogens is 3. The van der Waals surface area contributed by atoms with E-state index >= 15 is 0 Å². The van der Waals surface area contributed by atoms with E-state index in [9.17, 15) is 4.79 Å². The molecule has 3 rings (SSSR count). The van der Waals surface area contributed by atoms with E-state index in [1.165, 1.54) is 12.4 Å². The average molecular weight is 313 g/mol. The fourth-order valence-corrected chi connectivity index (χ4v) is 2.30. The van der Waals surface area contributed by atoms with Gasteiger partial charge in [0.1, 0.15) is 5.82 Å². The molecule has 3 aromatic rings. The molecule has 0 aliphatic rings. The van der Waals surface area contributed by atoms with Crippen LogP contribution < -0.4 is 5.32 Å². The minimum Gasteiger partial charge on any atom is -0.306 e. The summed E-state index contributed by atoms with van der Waals surface area (Å²) in [5.41, 5.74) is 2.04. The molecule has 0 spiro atoms. The maximum atomic E-state index is 12.4. The molecule has 110 valence electrons. The second-order valence-electron chi connectivity index (χ2n) is 4.73. The second-order valence-corrected chi connectivity index (χ2v) is 5.14. The largest absolute Gasteiger partial charge is 0.306 e. The molecule has 1 amide bonds. The van der Waals surface area contributed by atoms with Gasteiger partial charge in [-0.2, -0.15) is 5.10 Å². The Kier molecular flexibility index (Phi) is 3.89. The summed E-state index contributed by atoms with van der Waals surface area (Å²) in [7, 11) is 0. The molecule has 0 aliphatic carbocycles. The lowest BCUT2D eigenvalue weighted by atomic mass is 10.2. The minimum atomic E-state index is -0.301. The van der Waals surface area contributed by atoms with E-state index in [2.05, 4.69) is 15.4 Å². The monoisotopic (exact) mass is 312 g/mol. The molecule has 6 heteroatoms. The van der Waals surface area contributed by atoms with E-state index in [1.54, 1.807) is 16.8 Å². The normalized spacial score (nSPS) is 10.5. The first-order chi connectivity index (χ1) is 10.6. The van der Waals surface area contributed by atoms with Gasteiger partial charge in [-0.25, -0.2) is 4.68 Å². The van der Waals surface area contributed by atoms with Crippen LogP contribution in [0.25, 0.3) is 5.69 Å². The summed E-state index contributed by atoms with van der Waals surface area (Å²) in [6, 6.07) is 13.0. The van der Waals surface area contributed by atoms with Crippen molar-refractivity contribution in [3.8, 4) is 5.69 Å². The summed E-state index contributed by atoms with van der Waals surface area (Å²) in [6.07, 6.45) is 2.97. The molecule has 5 nitrogen and oxygen atoms in total. The van der Waals surface area contributed by atoms with Crippen molar-refractivity contribution >= 4 is 23.3 Å².